The minimum atomic E-state index is -0.965. The van der Waals surface area contributed by atoms with E-state index in [1.54, 1.807) is 38.1 Å². The fourth-order valence-corrected chi connectivity index (χ4v) is 1.83. The first-order valence-electron chi connectivity index (χ1n) is 5.97. The Hall–Kier alpha value is -2.07. The van der Waals surface area contributed by atoms with Gasteiger partial charge in [-0.2, -0.15) is 0 Å². The number of cyclic esters (lactones) is 1. The molecule has 100 valence electrons. The Morgan fingerprint density at radius 3 is 2.79 bits per heavy atom. The van der Waals surface area contributed by atoms with Crippen LogP contribution in [0.2, 0.25) is 0 Å². The van der Waals surface area contributed by atoms with Gasteiger partial charge in [0.15, 0.2) is 0 Å². The number of carbonyl (C=O) groups is 1. The molecule has 0 amide bonds. The molecule has 0 saturated carbocycles. The number of carbonyl (C=O) groups excluding carboxylic acids is 1. The smallest absolute Gasteiger partial charge is 0.345 e. The van der Waals surface area contributed by atoms with Crippen molar-refractivity contribution in [1.29, 1.82) is 0 Å². The number of hydrogen-bond acceptors (Lipinski definition) is 4. The first kappa shape index (κ1) is 13.4. The molecule has 1 N–H and O–H groups in total. The summed E-state index contributed by atoms with van der Waals surface area (Å²) >= 11 is 0. The first-order chi connectivity index (χ1) is 8.93. The molecular formula is C15H16O4. The summed E-state index contributed by atoms with van der Waals surface area (Å²) in [6, 6.07) is 5.26. The van der Waals surface area contributed by atoms with Gasteiger partial charge in [-0.3, -0.25) is 0 Å². The minimum absolute atomic E-state index is 0.370. The number of aliphatic hydroxyl groups excluding tert-OH is 1. The van der Waals surface area contributed by atoms with E-state index in [-0.39, 0.29) is 0 Å². The molecule has 1 aromatic rings. The van der Waals surface area contributed by atoms with Gasteiger partial charge in [0, 0.05) is 13.8 Å². The maximum absolute atomic E-state index is 12.0. The molecule has 0 aliphatic carbocycles. The molecule has 4 heteroatoms. The maximum Gasteiger partial charge on any atom is 0.345 e. The summed E-state index contributed by atoms with van der Waals surface area (Å²) < 4.78 is 10.8. The predicted molar refractivity (Wildman–Crippen MR) is 71.8 cm³/mol. The Kier molecular flexibility index (Phi) is 3.44. The zero-order valence-electron chi connectivity index (χ0n) is 10.9. The fourth-order valence-electron chi connectivity index (χ4n) is 1.83. The number of rotatable bonds is 3. The van der Waals surface area contributed by atoms with Crippen LogP contribution in [0.15, 0.2) is 36.9 Å². The maximum atomic E-state index is 12.0. The highest BCUT2D eigenvalue weighted by molar-refractivity contribution is 5.97. The molecule has 0 radical (unpaired) electrons. The van der Waals surface area contributed by atoms with Crippen LogP contribution < -0.4 is 4.74 Å². The number of hydrogen-bond donors (Lipinski definition) is 1. The van der Waals surface area contributed by atoms with Gasteiger partial charge >= 0.3 is 5.97 Å². The third-order valence-corrected chi connectivity index (χ3v) is 2.67. The molecule has 2 rings (SSSR count). The average Bonchev–Trinajstić information content (AvgIpc) is 2.33. The van der Waals surface area contributed by atoms with Crippen molar-refractivity contribution in [2.24, 2.45) is 0 Å². The van der Waals surface area contributed by atoms with E-state index >= 15 is 0 Å². The van der Waals surface area contributed by atoms with E-state index in [0.29, 0.717) is 16.9 Å². The second-order valence-electron chi connectivity index (χ2n) is 4.70. The van der Waals surface area contributed by atoms with Crippen LogP contribution in [0, 0.1) is 0 Å². The molecule has 1 aromatic carbocycles. The van der Waals surface area contributed by atoms with Crippen LogP contribution in [0.1, 0.15) is 29.8 Å². The largest absolute Gasteiger partial charge is 0.452 e. The van der Waals surface area contributed by atoms with E-state index in [2.05, 4.69) is 6.58 Å². The lowest BCUT2D eigenvalue weighted by Gasteiger charge is -2.32. The molecule has 0 unspecified atom stereocenters. The summed E-state index contributed by atoms with van der Waals surface area (Å²) in [4.78, 5) is 12.0. The van der Waals surface area contributed by atoms with E-state index < -0.39 is 17.9 Å². The molecule has 0 fully saturated rings. The molecule has 1 atom stereocenters. The SMILES string of the molecule is C=C[C@@H](O)/C=C/c1cccc2c1C(=O)OC(C)(C)O2. The van der Waals surface area contributed by atoms with Crippen molar-refractivity contribution < 1.29 is 19.4 Å². The Labute approximate surface area is 112 Å². The van der Waals surface area contributed by atoms with Crippen molar-refractivity contribution in [2.75, 3.05) is 0 Å². The quantitative estimate of drug-likeness (QED) is 0.670. The number of fused-ring (bicyclic) bond motifs is 1. The minimum Gasteiger partial charge on any atom is -0.452 e. The third kappa shape index (κ3) is 2.85. The molecule has 19 heavy (non-hydrogen) atoms. The van der Waals surface area contributed by atoms with Gasteiger partial charge in [0.25, 0.3) is 0 Å². The molecule has 0 bridgehead atoms. The number of aliphatic hydroxyl groups is 1. The van der Waals surface area contributed by atoms with Crippen LogP contribution in [-0.2, 0) is 4.74 Å². The monoisotopic (exact) mass is 260 g/mol. The summed E-state index contributed by atoms with van der Waals surface area (Å²) in [5, 5.41) is 9.42. The summed E-state index contributed by atoms with van der Waals surface area (Å²) in [6.07, 6.45) is 3.82. The van der Waals surface area contributed by atoms with Crippen molar-refractivity contribution in [1.82, 2.24) is 0 Å². The molecule has 0 aromatic heterocycles. The molecular weight excluding hydrogens is 244 g/mol. The van der Waals surface area contributed by atoms with Gasteiger partial charge in [-0.05, 0) is 11.6 Å². The van der Waals surface area contributed by atoms with E-state index in [0.717, 1.165) is 0 Å². The highest BCUT2D eigenvalue weighted by Gasteiger charge is 2.34. The van der Waals surface area contributed by atoms with Crippen LogP contribution in [0.3, 0.4) is 0 Å². The lowest BCUT2D eigenvalue weighted by Crippen LogP contribution is -2.39. The molecule has 0 spiro atoms. The molecule has 0 saturated heterocycles. The summed E-state index contributed by atoms with van der Waals surface area (Å²) in [6.45, 7) is 6.83. The van der Waals surface area contributed by atoms with Crippen molar-refractivity contribution in [3.63, 3.8) is 0 Å². The highest BCUT2D eigenvalue weighted by Crippen LogP contribution is 2.33. The van der Waals surface area contributed by atoms with Crippen LogP contribution in [0.25, 0.3) is 6.08 Å². The van der Waals surface area contributed by atoms with Crippen LogP contribution in [0.4, 0.5) is 0 Å². The van der Waals surface area contributed by atoms with E-state index in [1.165, 1.54) is 12.2 Å². The van der Waals surface area contributed by atoms with E-state index in [1.807, 2.05) is 0 Å². The van der Waals surface area contributed by atoms with Crippen molar-refractivity contribution >= 4 is 12.0 Å². The molecule has 4 nitrogen and oxygen atoms in total. The van der Waals surface area contributed by atoms with Crippen molar-refractivity contribution in [2.45, 2.75) is 25.7 Å². The summed E-state index contributed by atoms with van der Waals surface area (Å²) in [7, 11) is 0. The lowest BCUT2D eigenvalue weighted by molar-refractivity contribution is -0.127. The number of esters is 1. The van der Waals surface area contributed by atoms with Crippen LogP contribution in [-0.4, -0.2) is 23.0 Å². The Balaban J connectivity index is 2.41. The third-order valence-electron chi connectivity index (χ3n) is 2.67. The topological polar surface area (TPSA) is 55.8 Å². The van der Waals surface area contributed by atoms with Crippen LogP contribution >= 0.6 is 0 Å². The second-order valence-corrected chi connectivity index (χ2v) is 4.70. The first-order valence-corrected chi connectivity index (χ1v) is 5.97. The van der Waals surface area contributed by atoms with Gasteiger partial charge in [-0.15, -0.1) is 6.58 Å². The van der Waals surface area contributed by atoms with Crippen LogP contribution in [0.5, 0.6) is 5.75 Å². The Morgan fingerprint density at radius 1 is 1.37 bits per heavy atom. The molecule has 1 aliphatic rings. The van der Waals surface area contributed by atoms with Crippen molar-refractivity contribution in [3.05, 3.63) is 48.1 Å². The zero-order valence-corrected chi connectivity index (χ0v) is 10.9. The predicted octanol–water partition coefficient (Wildman–Crippen LogP) is 2.53. The van der Waals surface area contributed by atoms with Gasteiger partial charge in [-0.25, -0.2) is 4.79 Å². The number of ether oxygens (including phenoxy) is 2. The van der Waals surface area contributed by atoms with Gasteiger partial charge < -0.3 is 14.6 Å². The Morgan fingerprint density at radius 2 is 2.11 bits per heavy atom. The van der Waals surface area contributed by atoms with Gasteiger partial charge in [0.2, 0.25) is 5.79 Å². The van der Waals surface area contributed by atoms with Gasteiger partial charge in [0.05, 0.1) is 6.10 Å². The molecule has 1 heterocycles. The number of benzene rings is 1. The summed E-state index contributed by atoms with van der Waals surface area (Å²) in [5.41, 5.74) is 1.01. The average molecular weight is 260 g/mol. The zero-order chi connectivity index (χ0) is 14.0. The summed E-state index contributed by atoms with van der Waals surface area (Å²) in [5.74, 6) is -0.913. The van der Waals surface area contributed by atoms with E-state index in [9.17, 15) is 9.90 Å². The molecule has 1 aliphatic heterocycles. The lowest BCUT2D eigenvalue weighted by atomic mass is 10.0. The van der Waals surface area contributed by atoms with E-state index in [4.69, 9.17) is 9.47 Å². The normalized spacial score (nSPS) is 18.4. The highest BCUT2D eigenvalue weighted by atomic mass is 16.7. The fraction of sp³-hybridized carbons (Fsp3) is 0.267. The second kappa shape index (κ2) is 4.90. The Bertz CT molecular complexity index is 543. The van der Waals surface area contributed by atoms with Crippen molar-refractivity contribution in [3.8, 4) is 5.75 Å². The standard InChI is InChI=1S/C15H16O4/c1-4-11(16)9-8-10-6-5-7-12-13(10)14(17)19-15(2,3)18-12/h4-9,11,16H,1H2,2-3H3/b9-8+/t11-/m1/s1. The van der Waals surface area contributed by atoms with Gasteiger partial charge in [0.1, 0.15) is 11.3 Å². The van der Waals surface area contributed by atoms with Gasteiger partial charge in [-0.1, -0.05) is 30.4 Å².